The van der Waals surface area contributed by atoms with Crippen molar-refractivity contribution < 1.29 is 28.6 Å². The molecular weight excluding hydrogens is 889 g/mol. The summed E-state index contributed by atoms with van der Waals surface area (Å²) in [5.41, 5.74) is 0. The second-order valence-corrected chi connectivity index (χ2v) is 22.4. The van der Waals surface area contributed by atoms with Gasteiger partial charge in [0, 0.05) is 19.3 Å². The fourth-order valence-electron chi connectivity index (χ4n) is 10.1. The van der Waals surface area contributed by atoms with Gasteiger partial charge in [0.2, 0.25) is 0 Å². The standard InChI is InChI=1S/C66H126O6/c1-4-7-10-13-16-19-22-25-28-31-32-33-34-36-38-41-44-47-50-53-56-59-65(68)71-62-63(61-70-64(67)58-55-52-49-46-43-40-37-30-27-24-21-18-15-12-9-6-3)72-66(69)60-57-54-51-48-45-42-39-35-29-26-23-20-17-14-11-8-5-2/h31-32,63H,4-30,33-62H2,1-3H3/b32-31-. The molecule has 426 valence electrons. The van der Waals surface area contributed by atoms with Crippen molar-refractivity contribution in [2.75, 3.05) is 13.2 Å². The van der Waals surface area contributed by atoms with Gasteiger partial charge in [-0.25, -0.2) is 0 Å². The third kappa shape index (κ3) is 59.0. The van der Waals surface area contributed by atoms with E-state index in [1.807, 2.05) is 0 Å². The molecule has 6 nitrogen and oxygen atoms in total. The van der Waals surface area contributed by atoms with Gasteiger partial charge >= 0.3 is 17.9 Å². The van der Waals surface area contributed by atoms with E-state index >= 15 is 0 Å². The molecule has 72 heavy (non-hydrogen) atoms. The number of hydrogen-bond acceptors (Lipinski definition) is 6. The van der Waals surface area contributed by atoms with Crippen molar-refractivity contribution in [1.29, 1.82) is 0 Å². The molecule has 0 saturated heterocycles. The van der Waals surface area contributed by atoms with Crippen LogP contribution in [0.3, 0.4) is 0 Å². The second kappa shape index (κ2) is 61.7. The lowest BCUT2D eigenvalue weighted by atomic mass is 10.0. The Morgan fingerprint density at radius 3 is 0.694 bits per heavy atom. The highest BCUT2D eigenvalue weighted by Crippen LogP contribution is 2.18. The van der Waals surface area contributed by atoms with Crippen LogP contribution in [0.5, 0.6) is 0 Å². The summed E-state index contributed by atoms with van der Waals surface area (Å²) in [7, 11) is 0. The molecule has 0 aromatic heterocycles. The highest BCUT2D eigenvalue weighted by Gasteiger charge is 2.19. The van der Waals surface area contributed by atoms with Gasteiger partial charge in [-0.2, -0.15) is 0 Å². The molecule has 0 saturated carbocycles. The molecule has 0 N–H and O–H groups in total. The molecule has 0 aliphatic heterocycles. The summed E-state index contributed by atoms with van der Waals surface area (Å²) in [6.07, 6.45) is 72.1. The molecule has 1 atom stereocenters. The maximum Gasteiger partial charge on any atom is 0.306 e. The highest BCUT2D eigenvalue weighted by molar-refractivity contribution is 5.71. The predicted molar refractivity (Wildman–Crippen MR) is 312 cm³/mol. The van der Waals surface area contributed by atoms with Crippen molar-refractivity contribution in [1.82, 2.24) is 0 Å². The van der Waals surface area contributed by atoms with E-state index in [4.69, 9.17) is 14.2 Å². The van der Waals surface area contributed by atoms with Crippen LogP contribution in [0.4, 0.5) is 0 Å². The summed E-state index contributed by atoms with van der Waals surface area (Å²) in [5, 5.41) is 0. The van der Waals surface area contributed by atoms with Gasteiger partial charge in [0.25, 0.3) is 0 Å². The number of carbonyl (C=O) groups excluding carboxylic acids is 3. The number of ether oxygens (including phenoxy) is 3. The van der Waals surface area contributed by atoms with Crippen LogP contribution in [0.2, 0.25) is 0 Å². The van der Waals surface area contributed by atoms with Crippen molar-refractivity contribution in [2.24, 2.45) is 0 Å². The quantitative estimate of drug-likeness (QED) is 0.0261. The average Bonchev–Trinajstić information content (AvgIpc) is 3.38. The van der Waals surface area contributed by atoms with E-state index < -0.39 is 6.10 Å². The lowest BCUT2D eigenvalue weighted by Crippen LogP contribution is -2.30. The second-order valence-electron chi connectivity index (χ2n) is 22.4. The van der Waals surface area contributed by atoms with E-state index in [1.54, 1.807) is 0 Å². The summed E-state index contributed by atoms with van der Waals surface area (Å²) in [5.74, 6) is -0.833. The molecule has 0 fully saturated rings. The van der Waals surface area contributed by atoms with Crippen molar-refractivity contribution in [3.8, 4) is 0 Å². The molecule has 0 bridgehead atoms. The zero-order valence-electron chi connectivity index (χ0n) is 49.0. The van der Waals surface area contributed by atoms with Gasteiger partial charge in [0.15, 0.2) is 6.10 Å². The van der Waals surface area contributed by atoms with Crippen LogP contribution < -0.4 is 0 Å². The van der Waals surface area contributed by atoms with Crippen molar-refractivity contribution in [3.05, 3.63) is 12.2 Å². The van der Waals surface area contributed by atoms with Crippen molar-refractivity contribution in [3.63, 3.8) is 0 Å². The number of carbonyl (C=O) groups is 3. The summed E-state index contributed by atoms with van der Waals surface area (Å²) in [6.45, 7) is 6.72. The number of allylic oxidation sites excluding steroid dienone is 2. The van der Waals surface area contributed by atoms with Crippen LogP contribution in [0.25, 0.3) is 0 Å². The van der Waals surface area contributed by atoms with Crippen molar-refractivity contribution >= 4 is 17.9 Å². The molecule has 0 rings (SSSR count). The molecule has 1 unspecified atom stereocenters. The van der Waals surface area contributed by atoms with Crippen LogP contribution in [0, 0.1) is 0 Å². The monoisotopic (exact) mass is 1010 g/mol. The minimum atomic E-state index is -0.766. The molecule has 0 aromatic carbocycles. The van der Waals surface area contributed by atoms with Gasteiger partial charge in [0.05, 0.1) is 0 Å². The first-order valence-corrected chi connectivity index (χ1v) is 32.7. The number of esters is 3. The maximum absolute atomic E-state index is 12.9. The van der Waals surface area contributed by atoms with Gasteiger partial charge in [-0.15, -0.1) is 0 Å². The topological polar surface area (TPSA) is 78.9 Å². The van der Waals surface area contributed by atoms with E-state index in [2.05, 4.69) is 32.9 Å². The Bertz CT molecular complexity index is 1120. The first kappa shape index (κ1) is 70.1. The van der Waals surface area contributed by atoms with Gasteiger partial charge in [-0.1, -0.05) is 322 Å². The van der Waals surface area contributed by atoms with Crippen molar-refractivity contribution in [2.45, 2.75) is 380 Å². The Morgan fingerprint density at radius 1 is 0.264 bits per heavy atom. The number of hydrogen-bond donors (Lipinski definition) is 0. The van der Waals surface area contributed by atoms with Crippen LogP contribution in [-0.2, 0) is 28.6 Å². The van der Waals surface area contributed by atoms with E-state index in [-0.39, 0.29) is 31.1 Å². The number of unbranched alkanes of at least 4 members (excludes halogenated alkanes) is 48. The van der Waals surface area contributed by atoms with E-state index in [1.165, 1.54) is 276 Å². The Kier molecular flexibility index (Phi) is 60.1. The summed E-state index contributed by atoms with van der Waals surface area (Å²) < 4.78 is 17.0. The lowest BCUT2D eigenvalue weighted by Gasteiger charge is -2.18. The molecule has 0 radical (unpaired) electrons. The third-order valence-electron chi connectivity index (χ3n) is 15.0. The van der Waals surface area contributed by atoms with Gasteiger partial charge in [-0.3, -0.25) is 14.4 Å². The molecule has 0 heterocycles. The minimum absolute atomic E-state index is 0.0637. The molecule has 0 aliphatic rings. The molecule has 0 aromatic rings. The summed E-state index contributed by atoms with van der Waals surface area (Å²) in [6, 6.07) is 0. The largest absolute Gasteiger partial charge is 0.462 e. The first-order chi connectivity index (χ1) is 35.5. The van der Waals surface area contributed by atoms with Gasteiger partial charge in [-0.05, 0) is 44.9 Å². The van der Waals surface area contributed by atoms with Gasteiger partial charge < -0.3 is 14.2 Å². The van der Waals surface area contributed by atoms with E-state index in [0.717, 1.165) is 57.8 Å². The maximum atomic E-state index is 12.9. The Labute approximate surface area is 450 Å². The van der Waals surface area contributed by atoms with E-state index in [9.17, 15) is 14.4 Å². The molecule has 0 amide bonds. The van der Waals surface area contributed by atoms with Crippen LogP contribution in [-0.4, -0.2) is 37.2 Å². The Hall–Kier alpha value is -1.85. The average molecular weight is 1020 g/mol. The number of rotatable bonds is 61. The Balaban J connectivity index is 4.29. The normalized spacial score (nSPS) is 12.0. The summed E-state index contributed by atoms with van der Waals surface area (Å²) in [4.78, 5) is 38.3. The Morgan fingerprint density at radius 2 is 0.458 bits per heavy atom. The molecule has 0 aliphatic carbocycles. The van der Waals surface area contributed by atoms with Crippen LogP contribution >= 0.6 is 0 Å². The van der Waals surface area contributed by atoms with E-state index in [0.29, 0.717) is 19.3 Å². The summed E-state index contributed by atoms with van der Waals surface area (Å²) >= 11 is 0. The molecular formula is C66H126O6. The fourth-order valence-corrected chi connectivity index (χ4v) is 10.1. The van der Waals surface area contributed by atoms with Crippen LogP contribution in [0.1, 0.15) is 374 Å². The van der Waals surface area contributed by atoms with Crippen LogP contribution in [0.15, 0.2) is 12.2 Å². The first-order valence-electron chi connectivity index (χ1n) is 32.7. The zero-order valence-corrected chi connectivity index (χ0v) is 49.0. The highest BCUT2D eigenvalue weighted by atomic mass is 16.6. The SMILES string of the molecule is CCCCCCCCCC/C=C\CCCCCCCCCCCC(=O)OCC(COC(=O)CCCCCCCCCCCCCCCCCC)OC(=O)CCCCCCCCCCCCCCCCCCC. The molecule has 6 heteroatoms. The minimum Gasteiger partial charge on any atom is -0.462 e. The lowest BCUT2D eigenvalue weighted by molar-refractivity contribution is -0.167. The zero-order chi connectivity index (χ0) is 52.2. The molecule has 0 spiro atoms. The predicted octanol–water partition coefficient (Wildman–Crippen LogP) is 22.1. The fraction of sp³-hybridized carbons (Fsp3) is 0.924. The third-order valence-corrected chi connectivity index (χ3v) is 15.0. The smallest absolute Gasteiger partial charge is 0.306 e. The van der Waals surface area contributed by atoms with Gasteiger partial charge in [0.1, 0.15) is 13.2 Å².